The highest BCUT2D eigenvalue weighted by Crippen LogP contribution is 2.26. The molecular formula is C12H25NO2S. The predicted molar refractivity (Wildman–Crippen MR) is 68.4 cm³/mol. The number of hydrogen-bond donors (Lipinski definition) is 0. The maximum absolute atomic E-state index is 11.7. The Kier molecular flexibility index (Phi) is 5.25. The third kappa shape index (κ3) is 4.06. The predicted octanol–water partition coefficient (Wildman–Crippen LogP) is 2.07. The van der Waals surface area contributed by atoms with Crippen LogP contribution in [0.4, 0.5) is 0 Å². The van der Waals surface area contributed by atoms with E-state index >= 15 is 0 Å². The molecule has 1 aliphatic rings. The largest absolute Gasteiger partial charge is 0.297 e. The minimum atomic E-state index is -2.82. The number of sulfone groups is 1. The van der Waals surface area contributed by atoms with Gasteiger partial charge >= 0.3 is 0 Å². The molecule has 96 valence electrons. The van der Waals surface area contributed by atoms with Crippen molar-refractivity contribution in [1.82, 2.24) is 4.90 Å². The molecule has 1 saturated carbocycles. The van der Waals surface area contributed by atoms with Crippen LogP contribution in [0.2, 0.25) is 0 Å². The molecule has 0 atom stereocenters. The van der Waals surface area contributed by atoms with Gasteiger partial charge in [0, 0.05) is 24.4 Å². The van der Waals surface area contributed by atoms with E-state index in [1.807, 2.05) is 6.92 Å². The molecule has 0 aromatic rings. The highest BCUT2D eigenvalue weighted by atomic mass is 32.2. The van der Waals surface area contributed by atoms with Crippen LogP contribution < -0.4 is 0 Å². The van der Waals surface area contributed by atoms with Crippen molar-refractivity contribution in [2.45, 2.75) is 58.5 Å². The van der Waals surface area contributed by atoms with Gasteiger partial charge in [0.15, 0.2) is 9.84 Å². The van der Waals surface area contributed by atoms with E-state index in [1.54, 1.807) is 0 Å². The lowest BCUT2D eigenvalue weighted by molar-refractivity contribution is 0.102. The van der Waals surface area contributed by atoms with Gasteiger partial charge in [0.2, 0.25) is 0 Å². The monoisotopic (exact) mass is 247 g/mol. The van der Waals surface area contributed by atoms with E-state index in [0.29, 0.717) is 30.1 Å². The second-order valence-electron chi connectivity index (χ2n) is 5.07. The zero-order valence-electron chi connectivity index (χ0n) is 10.8. The summed E-state index contributed by atoms with van der Waals surface area (Å²) < 4.78 is 23.3. The van der Waals surface area contributed by atoms with Gasteiger partial charge in [-0.15, -0.1) is 0 Å². The Morgan fingerprint density at radius 3 is 2.25 bits per heavy atom. The highest BCUT2D eigenvalue weighted by Gasteiger charge is 2.27. The lowest BCUT2D eigenvalue weighted by Crippen LogP contribution is -2.46. The van der Waals surface area contributed by atoms with Gasteiger partial charge in [0.1, 0.15) is 0 Å². The third-order valence-electron chi connectivity index (χ3n) is 3.38. The van der Waals surface area contributed by atoms with E-state index < -0.39 is 9.84 Å². The quantitative estimate of drug-likeness (QED) is 0.691. The standard InChI is InChI=1S/C12H25NO2S/c1-4-9-16(14,15)10-8-13(11(2)3)12-6-5-7-12/h11-12H,4-10H2,1-3H3. The van der Waals surface area contributed by atoms with Gasteiger partial charge < -0.3 is 0 Å². The second-order valence-corrected chi connectivity index (χ2v) is 7.37. The van der Waals surface area contributed by atoms with Crippen LogP contribution in [-0.4, -0.2) is 43.5 Å². The minimum Gasteiger partial charge on any atom is -0.297 e. The summed E-state index contributed by atoms with van der Waals surface area (Å²) in [4.78, 5) is 2.36. The first kappa shape index (κ1) is 14.0. The normalized spacial score (nSPS) is 18.1. The molecule has 0 unspecified atom stereocenters. The summed E-state index contributed by atoms with van der Waals surface area (Å²) in [6.45, 7) is 6.95. The summed E-state index contributed by atoms with van der Waals surface area (Å²) in [5.41, 5.74) is 0. The first-order valence-corrected chi connectivity index (χ1v) is 8.24. The molecule has 0 saturated heterocycles. The van der Waals surface area contributed by atoms with Crippen molar-refractivity contribution >= 4 is 9.84 Å². The van der Waals surface area contributed by atoms with E-state index in [1.165, 1.54) is 19.3 Å². The Bertz CT molecular complexity index is 294. The molecule has 1 rings (SSSR count). The Balaban J connectivity index is 2.43. The van der Waals surface area contributed by atoms with Gasteiger partial charge in [0.05, 0.1) is 5.75 Å². The Morgan fingerprint density at radius 1 is 1.25 bits per heavy atom. The van der Waals surface area contributed by atoms with Gasteiger partial charge in [-0.3, -0.25) is 4.90 Å². The van der Waals surface area contributed by atoms with Gasteiger partial charge in [-0.05, 0) is 33.1 Å². The third-order valence-corrected chi connectivity index (χ3v) is 5.22. The Labute approximate surface area is 100 Å². The van der Waals surface area contributed by atoms with Crippen molar-refractivity contribution < 1.29 is 8.42 Å². The fraction of sp³-hybridized carbons (Fsp3) is 1.00. The highest BCUT2D eigenvalue weighted by molar-refractivity contribution is 7.91. The molecule has 0 amide bonds. The molecule has 0 aromatic carbocycles. The van der Waals surface area contributed by atoms with Crippen molar-refractivity contribution in [1.29, 1.82) is 0 Å². The van der Waals surface area contributed by atoms with Crippen LogP contribution in [0.25, 0.3) is 0 Å². The SMILES string of the molecule is CCCS(=O)(=O)CCN(C(C)C)C1CCC1. The molecule has 0 radical (unpaired) electrons. The Hall–Kier alpha value is -0.0900. The van der Waals surface area contributed by atoms with Crippen LogP contribution in [0.3, 0.4) is 0 Å². The van der Waals surface area contributed by atoms with Crippen LogP contribution in [0.1, 0.15) is 46.5 Å². The topological polar surface area (TPSA) is 37.4 Å². The van der Waals surface area contributed by atoms with Crippen molar-refractivity contribution in [2.24, 2.45) is 0 Å². The van der Waals surface area contributed by atoms with Crippen LogP contribution in [0.15, 0.2) is 0 Å². The molecule has 0 bridgehead atoms. The summed E-state index contributed by atoms with van der Waals surface area (Å²) in [5.74, 6) is 0.666. The van der Waals surface area contributed by atoms with E-state index in [4.69, 9.17) is 0 Å². The summed E-state index contributed by atoms with van der Waals surface area (Å²) in [6.07, 6.45) is 4.51. The minimum absolute atomic E-state index is 0.329. The summed E-state index contributed by atoms with van der Waals surface area (Å²) >= 11 is 0. The van der Waals surface area contributed by atoms with E-state index in [2.05, 4.69) is 18.7 Å². The van der Waals surface area contributed by atoms with Crippen molar-refractivity contribution in [3.63, 3.8) is 0 Å². The molecule has 3 nitrogen and oxygen atoms in total. The number of hydrogen-bond acceptors (Lipinski definition) is 3. The van der Waals surface area contributed by atoms with Crippen LogP contribution in [0.5, 0.6) is 0 Å². The first-order chi connectivity index (χ1) is 7.46. The molecule has 0 spiro atoms. The molecule has 16 heavy (non-hydrogen) atoms. The molecule has 1 aliphatic carbocycles. The van der Waals surface area contributed by atoms with Crippen LogP contribution >= 0.6 is 0 Å². The zero-order chi connectivity index (χ0) is 12.2. The Morgan fingerprint density at radius 2 is 1.88 bits per heavy atom. The second kappa shape index (κ2) is 6.01. The maximum Gasteiger partial charge on any atom is 0.151 e. The van der Waals surface area contributed by atoms with Gasteiger partial charge in [-0.2, -0.15) is 0 Å². The van der Waals surface area contributed by atoms with E-state index in [0.717, 1.165) is 6.42 Å². The fourth-order valence-corrected chi connectivity index (χ4v) is 3.55. The zero-order valence-corrected chi connectivity index (χ0v) is 11.6. The van der Waals surface area contributed by atoms with Gasteiger partial charge in [-0.25, -0.2) is 8.42 Å². The summed E-state index contributed by atoms with van der Waals surface area (Å²) in [5, 5.41) is 0. The molecule has 0 heterocycles. The van der Waals surface area contributed by atoms with Crippen molar-refractivity contribution in [3.05, 3.63) is 0 Å². The smallest absolute Gasteiger partial charge is 0.151 e. The van der Waals surface area contributed by atoms with E-state index in [-0.39, 0.29) is 0 Å². The van der Waals surface area contributed by atoms with Crippen molar-refractivity contribution in [3.8, 4) is 0 Å². The van der Waals surface area contributed by atoms with E-state index in [9.17, 15) is 8.42 Å². The van der Waals surface area contributed by atoms with Gasteiger partial charge in [-0.1, -0.05) is 13.3 Å². The lowest BCUT2D eigenvalue weighted by Gasteiger charge is -2.40. The van der Waals surface area contributed by atoms with Gasteiger partial charge in [0.25, 0.3) is 0 Å². The summed E-state index contributed by atoms with van der Waals surface area (Å²) in [7, 11) is -2.82. The van der Waals surface area contributed by atoms with Crippen molar-refractivity contribution in [2.75, 3.05) is 18.1 Å². The molecule has 0 aromatic heterocycles. The summed E-state index contributed by atoms with van der Waals surface area (Å²) in [6, 6.07) is 1.10. The average molecular weight is 247 g/mol. The van der Waals surface area contributed by atoms with Crippen LogP contribution in [-0.2, 0) is 9.84 Å². The maximum atomic E-state index is 11.7. The first-order valence-electron chi connectivity index (χ1n) is 6.42. The average Bonchev–Trinajstić information content (AvgIpc) is 2.08. The molecular weight excluding hydrogens is 222 g/mol. The number of nitrogens with zero attached hydrogens (tertiary/aromatic N) is 1. The lowest BCUT2D eigenvalue weighted by atomic mass is 9.90. The van der Waals surface area contributed by atoms with Crippen LogP contribution in [0, 0.1) is 0 Å². The molecule has 0 N–H and O–H groups in total. The fourth-order valence-electron chi connectivity index (χ4n) is 2.24. The molecule has 1 fully saturated rings. The molecule has 0 aliphatic heterocycles. The number of rotatable bonds is 7. The molecule has 4 heteroatoms.